The molecule has 3 nitrogen and oxygen atoms in total. The van der Waals surface area contributed by atoms with Crippen LogP contribution in [0.1, 0.15) is 56.0 Å². The summed E-state index contributed by atoms with van der Waals surface area (Å²) >= 11 is 5.25. The van der Waals surface area contributed by atoms with Crippen LogP contribution in [0.3, 0.4) is 0 Å². The Bertz CT molecular complexity index is 519. The molecule has 116 valence electrons. The fraction of sp³-hybridized carbons (Fsp3) is 0.647. The molecule has 0 spiro atoms. The number of anilines is 1. The highest BCUT2D eigenvalue weighted by Gasteiger charge is 2.25. The number of nitrogens with two attached hydrogens (primary N) is 1. The second-order valence-electron chi connectivity index (χ2n) is 6.30. The summed E-state index contributed by atoms with van der Waals surface area (Å²) in [5.74, 6) is 0.908. The quantitative estimate of drug-likeness (QED) is 0.861. The van der Waals surface area contributed by atoms with Gasteiger partial charge in [-0.15, -0.1) is 0 Å². The largest absolute Gasteiger partial charge is 0.389 e. The molecule has 0 unspecified atom stereocenters. The van der Waals surface area contributed by atoms with Crippen LogP contribution in [0.15, 0.2) is 6.07 Å². The molecule has 0 radical (unpaired) electrons. The summed E-state index contributed by atoms with van der Waals surface area (Å²) in [6.45, 7) is 6.32. The molecule has 1 heterocycles. The lowest BCUT2D eigenvalue weighted by Gasteiger charge is -2.37. The van der Waals surface area contributed by atoms with Gasteiger partial charge in [0.15, 0.2) is 0 Å². The van der Waals surface area contributed by atoms with Gasteiger partial charge in [-0.05, 0) is 51.5 Å². The van der Waals surface area contributed by atoms with Crippen molar-refractivity contribution in [2.24, 2.45) is 11.7 Å². The molecule has 1 aliphatic rings. The number of rotatable bonds is 4. The van der Waals surface area contributed by atoms with Crippen LogP contribution < -0.4 is 10.6 Å². The summed E-state index contributed by atoms with van der Waals surface area (Å²) in [6, 6.07) is 2.70. The summed E-state index contributed by atoms with van der Waals surface area (Å²) in [6.07, 6.45) is 6.48. The van der Waals surface area contributed by atoms with E-state index in [1.165, 1.54) is 32.1 Å². The smallest absolute Gasteiger partial charge is 0.107 e. The molecule has 2 N–H and O–H groups in total. The number of nitrogens with zero attached hydrogens (tertiary/aromatic N) is 2. The third kappa shape index (κ3) is 3.54. The van der Waals surface area contributed by atoms with E-state index in [0.717, 1.165) is 28.6 Å². The Hall–Kier alpha value is -1.16. The molecular weight excluding hydrogens is 278 g/mol. The average Bonchev–Trinajstić information content (AvgIpc) is 2.45. The van der Waals surface area contributed by atoms with Crippen LogP contribution in [0.4, 0.5) is 5.69 Å². The zero-order valence-electron chi connectivity index (χ0n) is 13.6. The maximum absolute atomic E-state index is 5.94. The van der Waals surface area contributed by atoms with Crippen molar-refractivity contribution in [3.05, 3.63) is 23.0 Å². The number of pyridine rings is 1. The van der Waals surface area contributed by atoms with E-state index in [1.807, 2.05) is 13.8 Å². The van der Waals surface area contributed by atoms with Gasteiger partial charge in [-0.25, -0.2) is 0 Å². The van der Waals surface area contributed by atoms with Crippen molar-refractivity contribution in [1.82, 2.24) is 4.98 Å². The normalized spacial score (nSPS) is 22.1. The molecule has 0 saturated heterocycles. The lowest BCUT2D eigenvalue weighted by molar-refractivity contribution is 0.313. The van der Waals surface area contributed by atoms with Crippen molar-refractivity contribution in [2.75, 3.05) is 11.9 Å². The van der Waals surface area contributed by atoms with E-state index in [2.05, 4.69) is 29.9 Å². The van der Waals surface area contributed by atoms with Gasteiger partial charge in [0.2, 0.25) is 0 Å². The van der Waals surface area contributed by atoms with E-state index in [9.17, 15) is 0 Å². The Morgan fingerprint density at radius 2 is 1.95 bits per heavy atom. The number of aromatic nitrogens is 1. The molecule has 0 atom stereocenters. The van der Waals surface area contributed by atoms with Crippen LogP contribution in [0.2, 0.25) is 0 Å². The third-order valence-electron chi connectivity index (χ3n) is 4.88. The predicted molar refractivity (Wildman–Crippen MR) is 94.0 cm³/mol. The lowest BCUT2D eigenvalue weighted by atomic mass is 9.84. The van der Waals surface area contributed by atoms with Crippen LogP contribution in [-0.4, -0.2) is 23.1 Å². The molecule has 4 heteroatoms. The SMILES string of the molecule is CCC1CCC(N(C)c2cc(C)nc(C)c2C(N)=S)CC1. The Kier molecular flexibility index (Phi) is 5.20. The molecule has 0 aliphatic heterocycles. The maximum Gasteiger partial charge on any atom is 0.107 e. The zero-order chi connectivity index (χ0) is 15.6. The molecule has 1 saturated carbocycles. The molecule has 21 heavy (non-hydrogen) atoms. The van der Waals surface area contributed by atoms with Gasteiger partial charge >= 0.3 is 0 Å². The third-order valence-corrected chi connectivity index (χ3v) is 5.08. The van der Waals surface area contributed by atoms with Crippen LogP contribution in [0, 0.1) is 19.8 Å². The number of aryl methyl sites for hydroxylation is 2. The molecule has 0 aromatic carbocycles. The van der Waals surface area contributed by atoms with Crippen LogP contribution in [0.25, 0.3) is 0 Å². The molecule has 1 aromatic heterocycles. The minimum Gasteiger partial charge on any atom is -0.389 e. The Morgan fingerprint density at radius 1 is 1.33 bits per heavy atom. The Labute approximate surface area is 133 Å². The van der Waals surface area contributed by atoms with Gasteiger partial charge in [0.25, 0.3) is 0 Å². The average molecular weight is 305 g/mol. The topological polar surface area (TPSA) is 42.2 Å². The second kappa shape index (κ2) is 6.73. The number of thiocarbonyl (C=S) groups is 1. The van der Waals surface area contributed by atoms with E-state index in [1.54, 1.807) is 0 Å². The standard InChI is InChI=1S/C17H27N3S/c1-5-13-6-8-14(9-7-13)20(4)15-10-11(2)19-12(3)16(15)17(18)21/h10,13-14H,5-9H2,1-4H3,(H2,18,21). The summed E-state index contributed by atoms with van der Waals surface area (Å²) in [5.41, 5.74) is 9.99. The zero-order valence-corrected chi connectivity index (χ0v) is 14.5. The summed E-state index contributed by atoms with van der Waals surface area (Å²) in [5, 5.41) is 0. The van der Waals surface area contributed by atoms with Gasteiger partial charge in [0.1, 0.15) is 4.99 Å². The van der Waals surface area contributed by atoms with Crippen molar-refractivity contribution >= 4 is 22.9 Å². The fourth-order valence-corrected chi connectivity index (χ4v) is 3.78. The van der Waals surface area contributed by atoms with E-state index >= 15 is 0 Å². The van der Waals surface area contributed by atoms with E-state index in [-0.39, 0.29) is 0 Å². The summed E-state index contributed by atoms with van der Waals surface area (Å²) < 4.78 is 0. The molecule has 1 aromatic rings. The van der Waals surface area contributed by atoms with Crippen molar-refractivity contribution < 1.29 is 0 Å². The van der Waals surface area contributed by atoms with Crippen LogP contribution >= 0.6 is 12.2 Å². The Morgan fingerprint density at radius 3 is 2.48 bits per heavy atom. The van der Waals surface area contributed by atoms with Gasteiger partial charge in [-0.3, -0.25) is 4.98 Å². The van der Waals surface area contributed by atoms with E-state index in [4.69, 9.17) is 18.0 Å². The van der Waals surface area contributed by atoms with Crippen molar-refractivity contribution in [2.45, 2.75) is 58.9 Å². The van der Waals surface area contributed by atoms with Gasteiger partial charge in [0.05, 0.1) is 11.3 Å². The lowest BCUT2D eigenvalue weighted by Crippen LogP contribution is -2.36. The Balaban J connectivity index is 2.27. The first-order valence-corrected chi connectivity index (χ1v) is 8.35. The highest BCUT2D eigenvalue weighted by atomic mass is 32.1. The molecule has 0 bridgehead atoms. The maximum atomic E-state index is 5.94. The van der Waals surface area contributed by atoms with E-state index in [0.29, 0.717) is 11.0 Å². The van der Waals surface area contributed by atoms with E-state index < -0.39 is 0 Å². The first-order chi connectivity index (χ1) is 9.93. The molecule has 0 amide bonds. The fourth-order valence-electron chi connectivity index (χ4n) is 3.53. The predicted octanol–water partition coefficient (Wildman–Crippen LogP) is 3.74. The highest BCUT2D eigenvalue weighted by Crippen LogP contribution is 2.33. The van der Waals surface area contributed by atoms with Crippen LogP contribution in [0.5, 0.6) is 0 Å². The van der Waals surface area contributed by atoms with Crippen molar-refractivity contribution in [1.29, 1.82) is 0 Å². The summed E-state index contributed by atoms with van der Waals surface area (Å²) in [4.78, 5) is 7.34. The van der Waals surface area contributed by atoms with Crippen molar-refractivity contribution in [3.63, 3.8) is 0 Å². The van der Waals surface area contributed by atoms with Gasteiger partial charge < -0.3 is 10.6 Å². The second-order valence-corrected chi connectivity index (χ2v) is 6.74. The molecule has 1 aliphatic carbocycles. The summed E-state index contributed by atoms with van der Waals surface area (Å²) in [7, 11) is 2.17. The highest BCUT2D eigenvalue weighted by molar-refractivity contribution is 7.80. The van der Waals surface area contributed by atoms with Gasteiger partial charge in [-0.2, -0.15) is 0 Å². The first-order valence-electron chi connectivity index (χ1n) is 7.94. The molecule has 1 fully saturated rings. The molecular formula is C17H27N3S. The van der Waals surface area contributed by atoms with Crippen molar-refractivity contribution in [3.8, 4) is 0 Å². The monoisotopic (exact) mass is 305 g/mol. The molecule has 2 rings (SSSR count). The number of hydrogen-bond acceptors (Lipinski definition) is 3. The first kappa shape index (κ1) is 16.2. The number of hydrogen-bond donors (Lipinski definition) is 1. The van der Waals surface area contributed by atoms with Crippen LogP contribution in [-0.2, 0) is 0 Å². The van der Waals surface area contributed by atoms with Gasteiger partial charge in [0, 0.05) is 24.5 Å². The minimum absolute atomic E-state index is 0.448. The van der Waals surface area contributed by atoms with Gasteiger partial charge in [-0.1, -0.05) is 25.6 Å². The minimum atomic E-state index is 0.448.